The van der Waals surface area contributed by atoms with Crippen molar-refractivity contribution in [3.8, 4) is 16.9 Å². The van der Waals surface area contributed by atoms with Gasteiger partial charge in [-0.1, -0.05) is 12.1 Å². The van der Waals surface area contributed by atoms with Crippen LogP contribution in [-0.4, -0.2) is 33.1 Å². The highest BCUT2D eigenvalue weighted by Gasteiger charge is 2.15. The Morgan fingerprint density at radius 2 is 2.10 bits per heavy atom. The minimum Gasteiger partial charge on any atom is -0.491 e. The highest BCUT2D eigenvalue weighted by molar-refractivity contribution is 7.92. The predicted molar refractivity (Wildman–Crippen MR) is 120 cm³/mol. The molecule has 2 heterocycles. The van der Waals surface area contributed by atoms with Crippen LogP contribution in [0.15, 0.2) is 53.6 Å². The van der Waals surface area contributed by atoms with E-state index in [1.807, 2.05) is 6.07 Å². The van der Waals surface area contributed by atoms with Gasteiger partial charge in [-0.25, -0.2) is 18.4 Å². The lowest BCUT2D eigenvalue weighted by atomic mass is 10.1. The Labute approximate surface area is 181 Å². The summed E-state index contributed by atoms with van der Waals surface area (Å²) in [6.07, 6.45) is 3.00. The van der Waals surface area contributed by atoms with Gasteiger partial charge >= 0.3 is 0 Å². The van der Waals surface area contributed by atoms with Gasteiger partial charge in [0.25, 0.3) is 0 Å². The number of rotatable bonds is 3. The topological polar surface area (TPSA) is 100.0 Å². The first-order chi connectivity index (χ1) is 15.0. The first-order valence-corrected chi connectivity index (χ1v) is 11.9. The summed E-state index contributed by atoms with van der Waals surface area (Å²) in [5.41, 5.74) is 1.96. The summed E-state index contributed by atoms with van der Waals surface area (Å²) in [5.74, 6) is 0.976. The van der Waals surface area contributed by atoms with Crippen molar-refractivity contribution >= 4 is 27.2 Å². The number of hydrogen-bond acceptors (Lipinski definition) is 7. The van der Waals surface area contributed by atoms with Crippen LogP contribution in [0.25, 0.3) is 11.1 Å². The number of anilines is 3. The van der Waals surface area contributed by atoms with E-state index in [0.717, 1.165) is 6.42 Å². The number of nitrogens with zero attached hydrogens (tertiary/aromatic N) is 2. The molecule has 3 aromatic rings. The molecule has 4 bridgehead atoms. The second kappa shape index (κ2) is 8.89. The molecule has 1 unspecified atom stereocenters. The number of fused-ring (bicyclic) bond motifs is 4. The molecule has 9 heteroatoms. The Balaban J connectivity index is 1.72. The molecule has 1 aliphatic rings. The smallest absolute Gasteiger partial charge is 0.229 e. The molecule has 0 radical (unpaired) electrons. The summed E-state index contributed by atoms with van der Waals surface area (Å²) in [5, 5.41) is 6.40. The van der Waals surface area contributed by atoms with E-state index in [4.69, 9.17) is 9.52 Å². The van der Waals surface area contributed by atoms with Gasteiger partial charge in [-0.2, -0.15) is 4.98 Å². The van der Waals surface area contributed by atoms with Crippen molar-refractivity contribution in [2.24, 2.45) is 0 Å². The van der Waals surface area contributed by atoms with E-state index in [-0.39, 0.29) is 5.75 Å². The summed E-state index contributed by atoms with van der Waals surface area (Å²) in [7, 11) is -2.86. The van der Waals surface area contributed by atoms with Crippen LogP contribution in [0.1, 0.15) is 19.8 Å². The molecule has 0 saturated carbocycles. The second-order valence-electron chi connectivity index (χ2n) is 7.20. The van der Waals surface area contributed by atoms with E-state index in [9.17, 15) is 8.60 Å². The summed E-state index contributed by atoms with van der Waals surface area (Å²) in [4.78, 5) is 9.46. The van der Waals surface area contributed by atoms with Gasteiger partial charge < -0.3 is 15.4 Å². The largest absolute Gasteiger partial charge is 0.491 e. The van der Waals surface area contributed by atoms with Gasteiger partial charge in [-0.15, -0.1) is 0 Å². The van der Waals surface area contributed by atoms with E-state index in [1.165, 1.54) is 6.07 Å². The number of aromatic nitrogens is 2. The Bertz CT molecular complexity index is 1200. The molecule has 0 aliphatic carbocycles. The molecule has 1 aromatic heterocycles. The van der Waals surface area contributed by atoms with Crippen LogP contribution in [0.2, 0.25) is 0 Å². The second-order valence-corrected chi connectivity index (χ2v) is 9.43. The fraction of sp³-hybridized carbons (Fsp3) is 0.273. The van der Waals surface area contributed by atoms with E-state index in [1.54, 1.807) is 43.5 Å². The van der Waals surface area contributed by atoms with E-state index in [0.29, 0.717) is 58.8 Å². The van der Waals surface area contributed by atoms with Gasteiger partial charge in [0.2, 0.25) is 5.95 Å². The molecule has 31 heavy (non-hydrogen) atoms. The quantitative estimate of drug-likeness (QED) is 0.527. The zero-order valence-electron chi connectivity index (χ0n) is 17.2. The molecular formula is C22H24FN5O2S. The molecule has 7 nitrogen and oxygen atoms in total. The average molecular weight is 442 g/mol. The third-order valence-corrected chi connectivity index (χ3v) is 6.83. The fourth-order valence-electron chi connectivity index (χ4n) is 3.39. The third kappa shape index (κ3) is 4.77. The fourth-order valence-corrected chi connectivity index (χ4v) is 4.85. The van der Waals surface area contributed by atoms with Crippen molar-refractivity contribution in [3.63, 3.8) is 0 Å². The SMILES string of the molecule is CCOc1ccc(-c2cnc3nc2NCCCCS(=N)(=O)c2cccc(c2)N3)cc1F. The lowest BCUT2D eigenvalue weighted by Gasteiger charge is -2.14. The number of ether oxygens (including phenoxy) is 1. The lowest BCUT2D eigenvalue weighted by Crippen LogP contribution is -2.09. The maximum atomic E-state index is 14.4. The van der Waals surface area contributed by atoms with Gasteiger partial charge in [-0.05, 0) is 55.7 Å². The van der Waals surface area contributed by atoms with Crippen LogP contribution in [0.5, 0.6) is 5.75 Å². The zero-order valence-corrected chi connectivity index (χ0v) is 18.0. The monoisotopic (exact) mass is 441 g/mol. The minimum absolute atomic E-state index is 0.206. The van der Waals surface area contributed by atoms with Gasteiger partial charge in [0.15, 0.2) is 11.6 Å². The molecule has 162 valence electrons. The Morgan fingerprint density at radius 3 is 2.90 bits per heavy atom. The van der Waals surface area contributed by atoms with Crippen molar-refractivity contribution in [1.82, 2.24) is 9.97 Å². The number of halogens is 1. The normalized spacial score (nSPS) is 18.5. The molecule has 0 fully saturated rings. The standard InChI is InChI=1S/C22H24FN5O2S/c1-2-30-20-9-8-15(12-19(20)23)18-14-26-22-27-16-6-5-7-17(13-16)31(24,29)11-4-3-10-25-21(18)28-22/h5-9,12-14,24H,2-4,10-11H2,1H3,(H2,25,26,27,28). The van der Waals surface area contributed by atoms with E-state index in [2.05, 4.69) is 20.6 Å². The van der Waals surface area contributed by atoms with Crippen molar-refractivity contribution < 1.29 is 13.3 Å². The van der Waals surface area contributed by atoms with Crippen molar-refractivity contribution in [1.29, 1.82) is 4.78 Å². The number of benzene rings is 2. The summed E-state index contributed by atoms with van der Waals surface area (Å²) < 4.78 is 40.8. The van der Waals surface area contributed by atoms with Crippen molar-refractivity contribution in [2.45, 2.75) is 24.7 Å². The van der Waals surface area contributed by atoms with E-state index < -0.39 is 15.5 Å². The Morgan fingerprint density at radius 1 is 1.23 bits per heavy atom. The number of nitrogens with one attached hydrogen (secondary N) is 3. The van der Waals surface area contributed by atoms with Crippen LogP contribution in [-0.2, 0) is 9.73 Å². The Hall–Kier alpha value is -3.20. The molecule has 0 amide bonds. The van der Waals surface area contributed by atoms with Crippen LogP contribution in [0.4, 0.5) is 21.8 Å². The molecule has 1 atom stereocenters. The van der Waals surface area contributed by atoms with Gasteiger partial charge in [0, 0.05) is 34.6 Å². The highest BCUT2D eigenvalue weighted by atomic mass is 32.2. The van der Waals surface area contributed by atoms with Crippen LogP contribution >= 0.6 is 0 Å². The van der Waals surface area contributed by atoms with E-state index >= 15 is 0 Å². The summed E-state index contributed by atoms with van der Waals surface area (Å²) in [6, 6.07) is 11.8. The van der Waals surface area contributed by atoms with Crippen LogP contribution < -0.4 is 15.4 Å². The molecule has 1 aliphatic heterocycles. The maximum absolute atomic E-state index is 14.4. The van der Waals surface area contributed by atoms with Crippen LogP contribution in [0, 0.1) is 10.6 Å². The first kappa shape index (κ1) is 21.0. The maximum Gasteiger partial charge on any atom is 0.229 e. The lowest BCUT2D eigenvalue weighted by molar-refractivity contribution is 0.321. The highest BCUT2D eigenvalue weighted by Crippen LogP contribution is 2.31. The van der Waals surface area contributed by atoms with Crippen LogP contribution in [0.3, 0.4) is 0 Å². The molecule has 0 spiro atoms. The molecular weight excluding hydrogens is 417 g/mol. The summed E-state index contributed by atoms with van der Waals surface area (Å²) >= 11 is 0. The molecule has 3 N–H and O–H groups in total. The minimum atomic E-state index is -2.86. The van der Waals surface area contributed by atoms with Crippen molar-refractivity contribution in [2.75, 3.05) is 29.5 Å². The molecule has 0 saturated heterocycles. The van der Waals surface area contributed by atoms with Gasteiger partial charge in [-0.3, -0.25) is 0 Å². The molecule has 4 rings (SSSR count). The number of hydrogen-bond donors (Lipinski definition) is 3. The molecule has 2 aromatic carbocycles. The third-order valence-electron chi connectivity index (χ3n) is 4.95. The van der Waals surface area contributed by atoms with Gasteiger partial charge in [0.1, 0.15) is 5.82 Å². The van der Waals surface area contributed by atoms with Gasteiger partial charge in [0.05, 0.1) is 16.3 Å². The Kier molecular flexibility index (Phi) is 6.03. The summed E-state index contributed by atoms with van der Waals surface area (Å²) in [6.45, 7) is 2.77. The zero-order chi connectivity index (χ0) is 21.8. The predicted octanol–water partition coefficient (Wildman–Crippen LogP) is 5.04. The average Bonchev–Trinajstić information content (AvgIpc) is 2.75. The van der Waals surface area contributed by atoms with Crippen molar-refractivity contribution in [3.05, 3.63) is 54.5 Å². The first-order valence-electron chi connectivity index (χ1n) is 10.1.